The smallest absolute Gasteiger partial charge is 0.277 e. The number of carbonyl (C=O) groups excluding carboxylic acids is 2. The maximum Gasteiger partial charge on any atom is 0.277 e. The number of hydrogen-bond acceptors (Lipinski definition) is 6. The standard InChI is InChI=1S/C21H22N4O3S/c1-14-8-7-9-15(2)19(14)22-17(26)12-25(3)18(27)13-29-21-24-23-20(28-21)16-10-5-4-6-11-16/h4-11H,12-13H2,1-3H3,(H,22,26). The molecule has 0 saturated carbocycles. The van der Waals surface area contributed by atoms with Crippen LogP contribution in [-0.4, -0.2) is 46.3 Å². The van der Waals surface area contributed by atoms with Crippen LogP contribution in [0.1, 0.15) is 11.1 Å². The van der Waals surface area contributed by atoms with E-state index < -0.39 is 0 Å². The van der Waals surface area contributed by atoms with Crippen molar-refractivity contribution in [2.75, 3.05) is 24.7 Å². The van der Waals surface area contributed by atoms with Crippen molar-refractivity contribution in [2.24, 2.45) is 0 Å². The lowest BCUT2D eigenvalue weighted by atomic mass is 10.1. The maximum atomic E-state index is 12.4. The predicted octanol–water partition coefficient (Wildman–Crippen LogP) is 3.54. The average Bonchev–Trinajstić information content (AvgIpc) is 3.19. The first kappa shape index (κ1) is 20.6. The minimum atomic E-state index is -0.243. The van der Waals surface area contributed by atoms with Gasteiger partial charge >= 0.3 is 0 Å². The zero-order chi connectivity index (χ0) is 20.8. The number of benzene rings is 2. The third-order valence-electron chi connectivity index (χ3n) is 4.30. The van der Waals surface area contributed by atoms with Crippen LogP contribution in [0, 0.1) is 13.8 Å². The summed E-state index contributed by atoms with van der Waals surface area (Å²) in [6.07, 6.45) is 0. The van der Waals surface area contributed by atoms with Crippen LogP contribution in [0.25, 0.3) is 11.5 Å². The highest BCUT2D eigenvalue weighted by molar-refractivity contribution is 7.99. The summed E-state index contributed by atoms with van der Waals surface area (Å²) in [5.41, 5.74) is 3.56. The molecule has 0 aliphatic carbocycles. The molecular weight excluding hydrogens is 388 g/mol. The van der Waals surface area contributed by atoms with Crippen LogP contribution in [-0.2, 0) is 9.59 Å². The first-order chi connectivity index (χ1) is 13.9. The van der Waals surface area contributed by atoms with Gasteiger partial charge < -0.3 is 14.6 Å². The Morgan fingerprint density at radius 2 is 1.72 bits per heavy atom. The number of nitrogens with zero attached hydrogens (tertiary/aromatic N) is 3. The molecule has 2 aromatic carbocycles. The van der Waals surface area contributed by atoms with Crippen LogP contribution < -0.4 is 5.32 Å². The number of aromatic nitrogens is 2. The van der Waals surface area contributed by atoms with E-state index in [2.05, 4.69) is 15.5 Å². The van der Waals surface area contributed by atoms with Gasteiger partial charge in [-0.25, -0.2) is 0 Å². The number of para-hydroxylation sites is 1. The van der Waals surface area contributed by atoms with Crippen LogP contribution in [0.15, 0.2) is 58.2 Å². The number of aryl methyl sites for hydroxylation is 2. The molecule has 29 heavy (non-hydrogen) atoms. The number of hydrogen-bond donors (Lipinski definition) is 1. The van der Waals surface area contributed by atoms with E-state index in [1.165, 1.54) is 4.90 Å². The van der Waals surface area contributed by atoms with Crippen molar-refractivity contribution >= 4 is 29.3 Å². The Balaban J connectivity index is 1.50. The number of likely N-dealkylation sites (N-methyl/N-ethyl adjacent to an activating group) is 1. The fraction of sp³-hybridized carbons (Fsp3) is 0.238. The Bertz CT molecular complexity index is 984. The summed E-state index contributed by atoms with van der Waals surface area (Å²) in [4.78, 5) is 26.0. The molecule has 0 unspecified atom stereocenters. The largest absolute Gasteiger partial charge is 0.411 e. The molecule has 0 radical (unpaired) electrons. The molecule has 0 fully saturated rings. The molecule has 2 amide bonds. The molecule has 8 heteroatoms. The molecule has 0 aliphatic rings. The van der Waals surface area contributed by atoms with Crippen LogP contribution >= 0.6 is 11.8 Å². The van der Waals surface area contributed by atoms with E-state index >= 15 is 0 Å². The summed E-state index contributed by atoms with van der Waals surface area (Å²) in [6, 6.07) is 15.2. The predicted molar refractivity (Wildman–Crippen MR) is 113 cm³/mol. The lowest BCUT2D eigenvalue weighted by Crippen LogP contribution is -2.36. The van der Waals surface area contributed by atoms with Crippen molar-refractivity contribution in [2.45, 2.75) is 19.1 Å². The first-order valence-corrected chi connectivity index (χ1v) is 10.0. The van der Waals surface area contributed by atoms with Gasteiger partial charge in [-0.3, -0.25) is 9.59 Å². The Morgan fingerprint density at radius 3 is 2.41 bits per heavy atom. The van der Waals surface area contributed by atoms with Gasteiger partial charge in [-0.15, -0.1) is 10.2 Å². The highest BCUT2D eigenvalue weighted by Gasteiger charge is 2.17. The van der Waals surface area contributed by atoms with Crippen LogP contribution in [0.4, 0.5) is 5.69 Å². The number of anilines is 1. The number of amides is 2. The van der Waals surface area contributed by atoms with E-state index in [9.17, 15) is 9.59 Å². The Hall–Kier alpha value is -3.13. The molecule has 7 nitrogen and oxygen atoms in total. The summed E-state index contributed by atoms with van der Waals surface area (Å²) in [6.45, 7) is 3.83. The van der Waals surface area contributed by atoms with Gasteiger partial charge in [0.05, 0.1) is 12.3 Å². The lowest BCUT2D eigenvalue weighted by molar-refractivity contribution is -0.131. The third-order valence-corrected chi connectivity index (χ3v) is 5.10. The van der Waals surface area contributed by atoms with Gasteiger partial charge in [-0.05, 0) is 37.1 Å². The molecule has 150 valence electrons. The normalized spacial score (nSPS) is 10.6. The van der Waals surface area contributed by atoms with Crippen molar-refractivity contribution in [1.29, 1.82) is 0 Å². The second kappa shape index (κ2) is 9.38. The summed E-state index contributed by atoms with van der Waals surface area (Å²) in [7, 11) is 1.59. The summed E-state index contributed by atoms with van der Waals surface area (Å²) < 4.78 is 5.58. The van der Waals surface area contributed by atoms with Gasteiger partial charge in [-0.1, -0.05) is 48.2 Å². The van der Waals surface area contributed by atoms with E-state index in [1.807, 2.05) is 62.4 Å². The van der Waals surface area contributed by atoms with Crippen molar-refractivity contribution in [3.8, 4) is 11.5 Å². The van der Waals surface area contributed by atoms with Crippen molar-refractivity contribution < 1.29 is 14.0 Å². The Morgan fingerprint density at radius 1 is 1.03 bits per heavy atom. The minimum absolute atomic E-state index is 0.0355. The third kappa shape index (κ3) is 5.45. The van der Waals surface area contributed by atoms with E-state index in [4.69, 9.17) is 4.42 Å². The molecule has 1 aromatic heterocycles. The van der Waals surface area contributed by atoms with E-state index in [1.54, 1.807) is 7.05 Å². The monoisotopic (exact) mass is 410 g/mol. The summed E-state index contributed by atoms with van der Waals surface area (Å²) in [5, 5.41) is 11.1. The quantitative estimate of drug-likeness (QED) is 0.600. The highest BCUT2D eigenvalue weighted by atomic mass is 32.2. The summed E-state index contributed by atoms with van der Waals surface area (Å²) >= 11 is 1.15. The zero-order valence-corrected chi connectivity index (χ0v) is 17.3. The van der Waals surface area contributed by atoms with Gasteiger partial charge in [-0.2, -0.15) is 0 Å². The first-order valence-electron chi connectivity index (χ1n) is 9.06. The van der Waals surface area contributed by atoms with E-state index in [0.29, 0.717) is 11.1 Å². The van der Waals surface area contributed by atoms with E-state index in [-0.39, 0.29) is 24.1 Å². The molecule has 0 saturated heterocycles. The van der Waals surface area contributed by atoms with Gasteiger partial charge in [0.1, 0.15) is 0 Å². The Kier molecular flexibility index (Phi) is 6.66. The van der Waals surface area contributed by atoms with Crippen LogP contribution in [0.5, 0.6) is 0 Å². The molecule has 0 aliphatic heterocycles. The van der Waals surface area contributed by atoms with Crippen LogP contribution in [0.3, 0.4) is 0 Å². The maximum absolute atomic E-state index is 12.4. The van der Waals surface area contributed by atoms with Gasteiger partial charge in [0.15, 0.2) is 0 Å². The molecule has 1 N–H and O–H groups in total. The summed E-state index contributed by atoms with van der Waals surface area (Å²) in [5.74, 6) is 0.0595. The van der Waals surface area contributed by atoms with E-state index in [0.717, 1.165) is 34.1 Å². The van der Waals surface area contributed by atoms with Gasteiger partial charge in [0.2, 0.25) is 17.7 Å². The van der Waals surface area contributed by atoms with Crippen LogP contribution in [0.2, 0.25) is 0 Å². The number of nitrogens with one attached hydrogen (secondary N) is 1. The molecule has 0 bridgehead atoms. The van der Waals surface area contributed by atoms with Crippen molar-refractivity contribution in [3.63, 3.8) is 0 Å². The average molecular weight is 410 g/mol. The Labute approximate surface area is 173 Å². The highest BCUT2D eigenvalue weighted by Crippen LogP contribution is 2.23. The number of thioether (sulfide) groups is 1. The molecule has 3 rings (SSSR count). The van der Waals surface area contributed by atoms with Crippen molar-refractivity contribution in [1.82, 2.24) is 15.1 Å². The molecule has 0 spiro atoms. The van der Waals surface area contributed by atoms with Gasteiger partial charge in [0.25, 0.3) is 5.22 Å². The molecule has 3 aromatic rings. The van der Waals surface area contributed by atoms with Crippen molar-refractivity contribution in [3.05, 3.63) is 59.7 Å². The lowest BCUT2D eigenvalue weighted by Gasteiger charge is -2.17. The molecule has 0 atom stereocenters. The number of rotatable bonds is 7. The SMILES string of the molecule is Cc1cccc(C)c1NC(=O)CN(C)C(=O)CSc1nnc(-c2ccccc2)o1. The zero-order valence-electron chi connectivity index (χ0n) is 16.5. The number of carbonyl (C=O) groups is 2. The second-order valence-electron chi connectivity index (χ2n) is 6.59. The molecule has 1 heterocycles. The topological polar surface area (TPSA) is 88.3 Å². The fourth-order valence-corrected chi connectivity index (χ4v) is 3.40. The fourth-order valence-electron chi connectivity index (χ4n) is 2.69. The van der Waals surface area contributed by atoms with Gasteiger partial charge in [0, 0.05) is 18.3 Å². The second-order valence-corrected chi connectivity index (χ2v) is 7.52. The minimum Gasteiger partial charge on any atom is -0.411 e. The molecular formula is C21H22N4O3S.